The molecule has 0 unspecified atom stereocenters. The lowest BCUT2D eigenvalue weighted by molar-refractivity contribution is -0.118. The van der Waals surface area contributed by atoms with Gasteiger partial charge in [0.05, 0.1) is 18.0 Å². The van der Waals surface area contributed by atoms with E-state index in [-0.39, 0.29) is 12.0 Å². The molecule has 2 amide bonds. The van der Waals surface area contributed by atoms with Crippen LogP contribution in [0.2, 0.25) is 0 Å². The van der Waals surface area contributed by atoms with E-state index >= 15 is 0 Å². The van der Waals surface area contributed by atoms with Crippen LogP contribution in [0.4, 0.5) is 21.9 Å². The van der Waals surface area contributed by atoms with Gasteiger partial charge in [0.1, 0.15) is 0 Å². The van der Waals surface area contributed by atoms with E-state index in [2.05, 4.69) is 6.07 Å². The minimum atomic E-state index is -0.367. The van der Waals surface area contributed by atoms with Gasteiger partial charge in [0.2, 0.25) is 5.91 Å². The molecule has 32 heavy (non-hydrogen) atoms. The van der Waals surface area contributed by atoms with Gasteiger partial charge in [-0.3, -0.25) is 14.6 Å². The lowest BCUT2D eigenvalue weighted by atomic mass is 9.86. The van der Waals surface area contributed by atoms with Crippen LogP contribution < -0.4 is 9.80 Å². The van der Waals surface area contributed by atoms with Gasteiger partial charge in [0.15, 0.2) is 0 Å². The first kappa shape index (κ1) is 22.7. The second-order valence-corrected chi connectivity index (χ2v) is 9.52. The molecule has 0 radical (unpaired) electrons. The number of anilines is 3. The third kappa shape index (κ3) is 4.80. The zero-order chi connectivity index (χ0) is 22.5. The van der Waals surface area contributed by atoms with Gasteiger partial charge in [-0.25, -0.2) is 4.79 Å². The Morgan fingerprint density at radius 1 is 1.03 bits per heavy atom. The van der Waals surface area contributed by atoms with Crippen molar-refractivity contribution >= 4 is 40.8 Å². The predicted octanol–water partition coefficient (Wildman–Crippen LogP) is 7.16. The molecule has 0 N–H and O–H groups in total. The number of ether oxygens (including phenoxy) is 1. The smallest absolute Gasteiger partial charge is 0.414 e. The van der Waals surface area contributed by atoms with Crippen molar-refractivity contribution in [3.8, 4) is 0 Å². The van der Waals surface area contributed by atoms with Gasteiger partial charge in [-0.2, -0.15) is 0 Å². The van der Waals surface area contributed by atoms with E-state index in [4.69, 9.17) is 4.74 Å². The number of carbonyl (C=O) groups is 2. The van der Waals surface area contributed by atoms with Gasteiger partial charge in [-0.15, -0.1) is 0 Å². The van der Waals surface area contributed by atoms with Crippen LogP contribution in [0.1, 0.15) is 58.8 Å². The summed E-state index contributed by atoms with van der Waals surface area (Å²) in [6.45, 7) is 4.55. The summed E-state index contributed by atoms with van der Waals surface area (Å²) in [6, 6.07) is 14.0. The third-order valence-electron chi connectivity index (χ3n) is 6.37. The SMILES string of the molecule is CCOC(=O)N(CC)c1ccc2c(c1)N(C(=O)CCC1CCCCC1)c1ccccc1S2. The fourth-order valence-corrected chi connectivity index (χ4v) is 5.75. The van der Waals surface area contributed by atoms with E-state index in [9.17, 15) is 9.59 Å². The van der Waals surface area contributed by atoms with Crippen molar-refractivity contribution in [3.63, 3.8) is 0 Å². The molecule has 1 saturated carbocycles. The Morgan fingerprint density at radius 3 is 2.53 bits per heavy atom. The first-order chi connectivity index (χ1) is 15.6. The van der Waals surface area contributed by atoms with Crippen molar-refractivity contribution in [2.75, 3.05) is 23.0 Å². The van der Waals surface area contributed by atoms with E-state index in [1.54, 1.807) is 23.6 Å². The summed E-state index contributed by atoms with van der Waals surface area (Å²) in [6.07, 6.45) is 7.51. The van der Waals surface area contributed by atoms with Crippen molar-refractivity contribution in [3.05, 3.63) is 42.5 Å². The minimum absolute atomic E-state index is 0.126. The van der Waals surface area contributed by atoms with Crippen molar-refractivity contribution in [1.29, 1.82) is 0 Å². The second-order valence-electron chi connectivity index (χ2n) is 8.44. The first-order valence-corrected chi connectivity index (χ1v) is 12.6. The van der Waals surface area contributed by atoms with Crippen LogP contribution in [0.25, 0.3) is 0 Å². The zero-order valence-corrected chi connectivity index (χ0v) is 19.8. The van der Waals surface area contributed by atoms with Crippen LogP contribution in [-0.2, 0) is 9.53 Å². The van der Waals surface area contributed by atoms with Crippen molar-refractivity contribution in [2.24, 2.45) is 5.92 Å². The fraction of sp³-hybridized carbons (Fsp3) is 0.462. The van der Waals surface area contributed by atoms with Gasteiger partial charge in [0, 0.05) is 28.4 Å². The number of fused-ring (bicyclic) bond motifs is 2. The van der Waals surface area contributed by atoms with Crippen molar-refractivity contribution in [2.45, 2.75) is 68.6 Å². The molecular formula is C26H32N2O3S. The van der Waals surface area contributed by atoms with Gasteiger partial charge < -0.3 is 4.74 Å². The highest BCUT2D eigenvalue weighted by Gasteiger charge is 2.30. The molecule has 4 rings (SSSR count). The molecule has 1 aliphatic carbocycles. The standard InChI is InChI=1S/C26H32N2O3S/c1-3-27(26(30)31-4-2)20-15-16-24-22(18-20)28(21-12-8-9-13-23(21)32-24)25(29)17-14-19-10-6-5-7-11-19/h8-9,12-13,15-16,18-19H,3-7,10-11,14,17H2,1-2H3. The quantitative estimate of drug-likeness (QED) is 0.466. The van der Waals surface area contributed by atoms with Gasteiger partial charge in [0.25, 0.3) is 0 Å². The molecule has 5 nitrogen and oxygen atoms in total. The van der Waals surface area contributed by atoms with Crippen LogP contribution in [-0.4, -0.2) is 25.2 Å². The summed E-state index contributed by atoms with van der Waals surface area (Å²) in [5.74, 6) is 0.785. The van der Waals surface area contributed by atoms with E-state index in [1.165, 1.54) is 32.1 Å². The molecule has 0 atom stereocenters. The Labute approximate surface area is 195 Å². The second kappa shape index (κ2) is 10.4. The Hall–Kier alpha value is -2.47. The summed E-state index contributed by atoms with van der Waals surface area (Å²) in [7, 11) is 0. The Morgan fingerprint density at radius 2 is 1.78 bits per heavy atom. The molecule has 0 spiro atoms. The Kier molecular flexibility index (Phi) is 7.40. The highest BCUT2D eigenvalue weighted by molar-refractivity contribution is 7.99. The lowest BCUT2D eigenvalue weighted by Gasteiger charge is -2.33. The average Bonchev–Trinajstić information content (AvgIpc) is 2.82. The third-order valence-corrected chi connectivity index (χ3v) is 7.50. The molecule has 6 heteroatoms. The number of hydrogen-bond acceptors (Lipinski definition) is 4. The number of amides is 2. The number of benzene rings is 2. The maximum Gasteiger partial charge on any atom is 0.414 e. The molecule has 1 fully saturated rings. The van der Waals surface area contributed by atoms with E-state index in [0.29, 0.717) is 25.5 Å². The van der Waals surface area contributed by atoms with E-state index in [0.717, 1.165) is 33.3 Å². The topological polar surface area (TPSA) is 49.9 Å². The highest BCUT2D eigenvalue weighted by Crippen LogP contribution is 2.49. The molecule has 0 saturated heterocycles. The largest absolute Gasteiger partial charge is 0.449 e. The summed E-state index contributed by atoms with van der Waals surface area (Å²) >= 11 is 1.67. The first-order valence-electron chi connectivity index (χ1n) is 11.8. The summed E-state index contributed by atoms with van der Waals surface area (Å²) in [5.41, 5.74) is 2.52. The monoisotopic (exact) mass is 452 g/mol. The van der Waals surface area contributed by atoms with Crippen LogP contribution in [0, 0.1) is 5.92 Å². The molecule has 1 heterocycles. The Balaban J connectivity index is 1.65. The average molecular weight is 453 g/mol. The fourth-order valence-electron chi connectivity index (χ4n) is 4.71. The molecule has 170 valence electrons. The maximum atomic E-state index is 13.6. The lowest BCUT2D eigenvalue weighted by Crippen LogP contribution is -2.32. The van der Waals surface area contributed by atoms with Crippen LogP contribution in [0.5, 0.6) is 0 Å². The summed E-state index contributed by atoms with van der Waals surface area (Å²) in [4.78, 5) is 31.6. The molecule has 0 bridgehead atoms. The molecule has 2 aromatic rings. The number of hydrogen-bond donors (Lipinski definition) is 0. The highest BCUT2D eigenvalue weighted by atomic mass is 32.2. The number of para-hydroxylation sites is 1. The number of rotatable bonds is 6. The number of nitrogens with zero attached hydrogens (tertiary/aromatic N) is 2. The van der Waals surface area contributed by atoms with Gasteiger partial charge in [-0.1, -0.05) is 56.0 Å². The van der Waals surface area contributed by atoms with Crippen LogP contribution >= 0.6 is 11.8 Å². The zero-order valence-electron chi connectivity index (χ0n) is 19.0. The van der Waals surface area contributed by atoms with Crippen LogP contribution in [0.3, 0.4) is 0 Å². The summed E-state index contributed by atoms with van der Waals surface area (Å²) in [5, 5.41) is 0. The van der Waals surface area contributed by atoms with E-state index in [1.807, 2.05) is 48.2 Å². The number of carbonyl (C=O) groups excluding carboxylic acids is 2. The molecule has 2 aromatic carbocycles. The minimum Gasteiger partial charge on any atom is -0.449 e. The van der Waals surface area contributed by atoms with Crippen molar-refractivity contribution in [1.82, 2.24) is 0 Å². The van der Waals surface area contributed by atoms with E-state index < -0.39 is 0 Å². The van der Waals surface area contributed by atoms with Crippen LogP contribution in [0.15, 0.2) is 52.3 Å². The predicted molar refractivity (Wildman–Crippen MR) is 130 cm³/mol. The van der Waals surface area contributed by atoms with Gasteiger partial charge in [-0.05, 0) is 56.5 Å². The maximum absolute atomic E-state index is 13.6. The molecule has 0 aromatic heterocycles. The molecule has 2 aliphatic rings. The normalized spacial score (nSPS) is 15.6. The van der Waals surface area contributed by atoms with Gasteiger partial charge >= 0.3 is 6.09 Å². The molecule has 1 aliphatic heterocycles. The Bertz CT molecular complexity index is 971. The molecular weight excluding hydrogens is 420 g/mol. The summed E-state index contributed by atoms with van der Waals surface area (Å²) < 4.78 is 5.23. The van der Waals surface area contributed by atoms with Crippen molar-refractivity contribution < 1.29 is 14.3 Å².